The van der Waals surface area contributed by atoms with Crippen LogP contribution in [0.3, 0.4) is 0 Å². The van der Waals surface area contributed by atoms with Crippen LogP contribution in [0.2, 0.25) is 0 Å². The summed E-state index contributed by atoms with van der Waals surface area (Å²) in [5, 5.41) is 10.5. The van der Waals surface area contributed by atoms with Gasteiger partial charge in [-0.05, 0) is 67.6 Å². The number of aliphatic hydroxyl groups excluding tert-OH is 1. The number of ether oxygens (including phenoxy) is 1. The zero-order valence-electron chi connectivity index (χ0n) is 18.5. The molecule has 3 aliphatic carbocycles. The second kappa shape index (κ2) is 8.12. The molecule has 4 nitrogen and oxygen atoms in total. The van der Waals surface area contributed by atoms with Crippen LogP contribution < -0.4 is 0 Å². The SMILES string of the molecule is C=C1CCCC2C1(C)CCC(C)C2(C)CC1=C(O)C(=O)C=C(OCCCC)C1=O. The average molecular weight is 401 g/mol. The monoisotopic (exact) mass is 400 g/mol. The lowest BCUT2D eigenvalue weighted by molar-refractivity contribution is -0.121. The molecule has 0 saturated heterocycles. The van der Waals surface area contributed by atoms with Crippen molar-refractivity contribution in [2.24, 2.45) is 22.7 Å². The minimum atomic E-state index is -0.519. The predicted octanol–water partition coefficient (Wildman–Crippen LogP) is 5.84. The molecular weight excluding hydrogens is 364 g/mol. The fraction of sp³-hybridized carbons (Fsp3) is 0.680. The number of allylic oxidation sites excluding steroid dienone is 3. The molecule has 29 heavy (non-hydrogen) atoms. The number of carbonyl (C=O) groups is 2. The first-order valence-corrected chi connectivity index (χ1v) is 11.2. The Labute approximate surface area is 175 Å². The standard InChI is InChI=1S/C25H36O4/c1-6-7-13-29-20-14-19(26)22(27)18(23(20)28)15-25(5)17(3)11-12-24(4)16(2)9-8-10-21(24)25/h14,17,21,27H,2,6-13,15H2,1,3-5H3. The van der Waals surface area contributed by atoms with E-state index >= 15 is 0 Å². The fourth-order valence-electron chi connectivity index (χ4n) is 5.90. The van der Waals surface area contributed by atoms with Gasteiger partial charge in [0.15, 0.2) is 11.5 Å². The molecule has 3 aliphatic rings. The van der Waals surface area contributed by atoms with Crippen molar-refractivity contribution in [2.45, 2.75) is 79.1 Å². The van der Waals surface area contributed by atoms with Gasteiger partial charge in [0.25, 0.3) is 0 Å². The average Bonchev–Trinajstić information content (AvgIpc) is 2.68. The second-order valence-corrected chi connectivity index (χ2v) is 9.82. The third-order valence-corrected chi connectivity index (χ3v) is 8.16. The van der Waals surface area contributed by atoms with Crippen molar-refractivity contribution in [1.29, 1.82) is 0 Å². The summed E-state index contributed by atoms with van der Waals surface area (Å²) in [5.41, 5.74) is 1.44. The highest BCUT2D eigenvalue weighted by molar-refractivity contribution is 6.20. The molecule has 0 bridgehead atoms. The number of unbranched alkanes of at least 4 members (excludes halogenated alkanes) is 1. The quantitative estimate of drug-likeness (QED) is 0.346. The van der Waals surface area contributed by atoms with Crippen molar-refractivity contribution < 1.29 is 19.4 Å². The van der Waals surface area contributed by atoms with Gasteiger partial charge in [0, 0.05) is 11.6 Å². The molecule has 0 heterocycles. The Morgan fingerprint density at radius 3 is 2.69 bits per heavy atom. The van der Waals surface area contributed by atoms with E-state index in [-0.39, 0.29) is 27.9 Å². The summed E-state index contributed by atoms with van der Waals surface area (Å²) in [6.07, 6.45) is 8.80. The molecule has 0 aromatic carbocycles. The van der Waals surface area contributed by atoms with Crippen molar-refractivity contribution in [3.63, 3.8) is 0 Å². The third kappa shape index (κ3) is 3.71. The Hall–Kier alpha value is -1.84. The number of Topliss-reactive ketones (excluding diaryl/α,β-unsaturated/α-hetero) is 1. The molecule has 0 aliphatic heterocycles. The van der Waals surface area contributed by atoms with Gasteiger partial charge >= 0.3 is 0 Å². The van der Waals surface area contributed by atoms with Gasteiger partial charge in [-0.3, -0.25) is 9.59 Å². The maximum atomic E-state index is 13.1. The smallest absolute Gasteiger partial charge is 0.227 e. The van der Waals surface area contributed by atoms with Crippen molar-refractivity contribution in [3.8, 4) is 0 Å². The first-order valence-electron chi connectivity index (χ1n) is 11.2. The number of aliphatic hydroxyl groups is 1. The molecule has 160 valence electrons. The highest BCUT2D eigenvalue weighted by atomic mass is 16.5. The van der Waals surface area contributed by atoms with Crippen molar-refractivity contribution in [1.82, 2.24) is 0 Å². The van der Waals surface area contributed by atoms with E-state index in [2.05, 4.69) is 27.4 Å². The number of hydrogen-bond acceptors (Lipinski definition) is 4. The van der Waals surface area contributed by atoms with Crippen LogP contribution in [0.4, 0.5) is 0 Å². The topological polar surface area (TPSA) is 63.6 Å². The number of fused-ring (bicyclic) bond motifs is 1. The molecular formula is C25H36O4. The number of rotatable bonds is 6. The lowest BCUT2D eigenvalue weighted by atomic mass is 9.46. The van der Waals surface area contributed by atoms with Gasteiger partial charge in [-0.15, -0.1) is 0 Å². The molecule has 0 aromatic rings. The summed E-state index contributed by atoms with van der Waals surface area (Å²) in [6.45, 7) is 13.7. The van der Waals surface area contributed by atoms with E-state index in [1.807, 2.05) is 6.92 Å². The molecule has 0 amide bonds. The summed E-state index contributed by atoms with van der Waals surface area (Å²) in [6, 6.07) is 0. The lowest BCUT2D eigenvalue weighted by Gasteiger charge is -2.59. The van der Waals surface area contributed by atoms with Gasteiger partial charge in [0.05, 0.1) is 6.61 Å². The Morgan fingerprint density at radius 2 is 2.00 bits per heavy atom. The van der Waals surface area contributed by atoms with Crippen LogP contribution in [0.15, 0.2) is 35.3 Å². The maximum absolute atomic E-state index is 13.1. The third-order valence-electron chi connectivity index (χ3n) is 8.16. The minimum Gasteiger partial charge on any atom is -0.504 e. The summed E-state index contributed by atoms with van der Waals surface area (Å²) in [4.78, 5) is 25.5. The summed E-state index contributed by atoms with van der Waals surface area (Å²) in [5.74, 6) is -0.376. The Balaban J connectivity index is 1.91. The van der Waals surface area contributed by atoms with Crippen LogP contribution in [-0.2, 0) is 14.3 Å². The molecule has 4 heteroatoms. The van der Waals surface area contributed by atoms with Crippen molar-refractivity contribution >= 4 is 11.6 Å². The van der Waals surface area contributed by atoms with E-state index in [4.69, 9.17) is 4.74 Å². The number of ketones is 2. The molecule has 0 aromatic heterocycles. The van der Waals surface area contributed by atoms with E-state index < -0.39 is 11.5 Å². The molecule has 4 atom stereocenters. The molecule has 3 rings (SSSR count). The van der Waals surface area contributed by atoms with Crippen LogP contribution in [0.25, 0.3) is 0 Å². The zero-order valence-corrected chi connectivity index (χ0v) is 18.5. The number of carbonyl (C=O) groups excluding carboxylic acids is 2. The van der Waals surface area contributed by atoms with Gasteiger partial charge < -0.3 is 9.84 Å². The summed E-state index contributed by atoms with van der Waals surface area (Å²) in [7, 11) is 0. The molecule has 0 radical (unpaired) electrons. The molecule has 4 unspecified atom stereocenters. The second-order valence-electron chi connectivity index (χ2n) is 9.82. The van der Waals surface area contributed by atoms with E-state index in [9.17, 15) is 14.7 Å². The number of hydrogen-bond donors (Lipinski definition) is 1. The van der Waals surface area contributed by atoms with Gasteiger partial charge in [-0.2, -0.15) is 0 Å². The molecule has 2 fully saturated rings. The van der Waals surface area contributed by atoms with Crippen LogP contribution in [0.5, 0.6) is 0 Å². The largest absolute Gasteiger partial charge is 0.504 e. The Bertz CT molecular complexity index is 774. The lowest BCUT2D eigenvalue weighted by Crippen LogP contribution is -2.50. The summed E-state index contributed by atoms with van der Waals surface area (Å²) < 4.78 is 5.61. The Kier molecular flexibility index (Phi) is 6.12. The Morgan fingerprint density at radius 1 is 1.28 bits per heavy atom. The molecule has 1 N–H and O–H groups in total. The minimum absolute atomic E-state index is 0.0632. The first-order chi connectivity index (χ1) is 13.6. The maximum Gasteiger partial charge on any atom is 0.227 e. The van der Waals surface area contributed by atoms with Crippen LogP contribution in [-0.4, -0.2) is 23.3 Å². The highest BCUT2D eigenvalue weighted by Gasteiger charge is 2.55. The normalized spacial score (nSPS) is 35.4. The summed E-state index contributed by atoms with van der Waals surface area (Å²) >= 11 is 0. The zero-order chi connectivity index (χ0) is 21.4. The van der Waals surface area contributed by atoms with Gasteiger partial charge in [-0.1, -0.05) is 46.3 Å². The van der Waals surface area contributed by atoms with Crippen LogP contribution in [0, 0.1) is 22.7 Å². The van der Waals surface area contributed by atoms with E-state index in [0.717, 1.165) is 51.0 Å². The fourth-order valence-corrected chi connectivity index (χ4v) is 5.90. The van der Waals surface area contributed by atoms with E-state index in [1.165, 1.54) is 5.57 Å². The molecule has 2 saturated carbocycles. The van der Waals surface area contributed by atoms with Gasteiger partial charge in [0.1, 0.15) is 0 Å². The highest BCUT2D eigenvalue weighted by Crippen LogP contribution is 2.63. The van der Waals surface area contributed by atoms with Crippen LogP contribution in [0.1, 0.15) is 79.1 Å². The van der Waals surface area contributed by atoms with Crippen LogP contribution >= 0.6 is 0 Å². The van der Waals surface area contributed by atoms with Gasteiger partial charge in [-0.25, -0.2) is 0 Å². The predicted molar refractivity (Wildman–Crippen MR) is 114 cm³/mol. The van der Waals surface area contributed by atoms with E-state index in [1.54, 1.807) is 0 Å². The van der Waals surface area contributed by atoms with E-state index in [0.29, 0.717) is 24.9 Å². The molecule has 0 spiro atoms. The van der Waals surface area contributed by atoms with Gasteiger partial charge in [0.2, 0.25) is 11.6 Å². The first kappa shape index (κ1) is 21.9. The van der Waals surface area contributed by atoms with Crippen molar-refractivity contribution in [2.75, 3.05) is 6.61 Å². The van der Waals surface area contributed by atoms with Crippen molar-refractivity contribution in [3.05, 3.63) is 35.3 Å².